The highest BCUT2D eigenvalue weighted by Gasteiger charge is 2.17. The van der Waals surface area contributed by atoms with E-state index in [2.05, 4.69) is 30.7 Å². The van der Waals surface area contributed by atoms with Gasteiger partial charge in [-0.2, -0.15) is 13.8 Å². The van der Waals surface area contributed by atoms with E-state index >= 15 is 0 Å². The second-order valence-corrected chi connectivity index (χ2v) is 5.19. The third kappa shape index (κ3) is 4.22. The van der Waals surface area contributed by atoms with Gasteiger partial charge in [-0.15, -0.1) is 0 Å². The van der Waals surface area contributed by atoms with Crippen molar-refractivity contribution in [1.29, 1.82) is 0 Å². The van der Waals surface area contributed by atoms with E-state index in [9.17, 15) is 13.6 Å². The molecule has 134 valence electrons. The minimum absolute atomic E-state index is 0.108. The third-order valence-corrected chi connectivity index (χ3v) is 3.28. The molecule has 0 aliphatic rings. The molecule has 3 aromatic rings. The van der Waals surface area contributed by atoms with Crippen molar-refractivity contribution in [2.45, 2.75) is 6.61 Å². The van der Waals surface area contributed by atoms with E-state index in [1.165, 1.54) is 12.1 Å². The van der Waals surface area contributed by atoms with E-state index in [-0.39, 0.29) is 28.2 Å². The van der Waals surface area contributed by atoms with Crippen LogP contribution in [-0.4, -0.2) is 27.6 Å². The van der Waals surface area contributed by atoms with Crippen LogP contribution in [-0.2, 0) is 0 Å². The maximum Gasteiger partial charge on any atom is 0.387 e. The number of hydrazine groups is 1. The lowest BCUT2D eigenvalue weighted by atomic mass is 10.2. The van der Waals surface area contributed by atoms with Gasteiger partial charge in [0.25, 0.3) is 5.91 Å². The van der Waals surface area contributed by atoms with Crippen LogP contribution in [0.1, 0.15) is 10.4 Å². The number of anilines is 1. The molecule has 0 saturated heterocycles. The van der Waals surface area contributed by atoms with Gasteiger partial charge < -0.3 is 9.26 Å². The van der Waals surface area contributed by atoms with Crippen LogP contribution in [0.2, 0.25) is 5.02 Å². The molecule has 0 bridgehead atoms. The van der Waals surface area contributed by atoms with Crippen LogP contribution in [0.3, 0.4) is 0 Å². The fourth-order valence-electron chi connectivity index (χ4n) is 1.95. The van der Waals surface area contributed by atoms with Crippen LogP contribution < -0.4 is 15.6 Å². The molecule has 8 nitrogen and oxygen atoms in total. The lowest BCUT2D eigenvalue weighted by Crippen LogP contribution is -2.30. The fourth-order valence-corrected chi connectivity index (χ4v) is 2.12. The van der Waals surface area contributed by atoms with Crippen LogP contribution in [0.25, 0.3) is 11.4 Å². The summed E-state index contributed by atoms with van der Waals surface area (Å²) in [4.78, 5) is 20.1. The summed E-state index contributed by atoms with van der Waals surface area (Å²) in [5, 5.41) is 3.91. The van der Waals surface area contributed by atoms with E-state index in [1.807, 2.05) is 0 Å². The van der Waals surface area contributed by atoms with Gasteiger partial charge in [0.05, 0.1) is 5.56 Å². The Kier molecular flexibility index (Phi) is 5.23. The molecule has 0 unspecified atom stereocenters. The van der Waals surface area contributed by atoms with Gasteiger partial charge in [-0.05, 0) is 30.3 Å². The number of amides is 1. The number of benzene rings is 1. The van der Waals surface area contributed by atoms with Crippen LogP contribution >= 0.6 is 11.6 Å². The zero-order valence-electron chi connectivity index (χ0n) is 12.8. The molecule has 0 radical (unpaired) electrons. The molecule has 2 heterocycles. The number of nitrogens with one attached hydrogen (secondary N) is 2. The van der Waals surface area contributed by atoms with Gasteiger partial charge in [-0.25, -0.2) is 5.43 Å². The van der Waals surface area contributed by atoms with E-state index < -0.39 is 12.5 Å². The minimum atomic E-state index is -3.09. The monoisotopic (exact) mass is 381 g/mol. The molecule has 11 heteroatoms. The molecule has 0 aliphatic carbocycles. The minimum Gasteiger partial charge on any atom is -0.434 e. The van der Waals surface area contributed by atoms with Crippen molar-refractivity contribution >= 4 is 23.5 Å². The number of carbonyl (C=O) groups excluding carboxylic acids is 1. The number of pyridine rings is 1. The lowest BCUT2D eigenvalue weighted by Gasteiger charge is -2.11. The van der Waals surface area contributed by atoms with Crippen LogP contribution in [0.4, 0.5) is 14.8 Å². The lowest BCUT2D eigenvalue weighted by molar-refractivity contribution is -0.0501. The SMILES string of the molecule is O=C(NNc1nc(-c2ccncc2)no1)c1cc(Cl)ccc1OC(F)F. The molecule has 0 fully saturated rings. The Morgan fingerprint density at radius 3 is 2.73 bits per heavy atom. The number of alkyl halides is 2. The second-order valence-electron chi connectivity index (χ2n) is 4.76. The zero-order valence-corrected chi connectivity index (χ0v) is 13.6. The summed E-state index contributed by atoms with van der Waals surface area (Å²) in [6, 6.07) is 6.91. The predicted molar refractivity (Wildman–Crippen MR) is 86.7 cm³/mol. The van der Waals surface area contributed by atoms with Gasteiger partial charge in [0.1, 0.15) is 5.75 Å². The molecule has 1 aromatic carbocycles. The average Bonchev–Trinajstić information content (AvgIpc) is 3.10. The Morgan fingerprint density at radius 2 is 2.00 bits per heavy atom. The smallest absolute Gasteiger partial charge is 0.387 e. The maximum absolute atomic E-state index is 12.4. The second kappa shape index (κ2) is 7.74. The number of rotatable bonds is 6. The predicted octanol–water partition coefficient (Wildman–Crippen LogP) is 3.14. The van der Waals surface area contributed by atoms with Gasteiger partial charge in [0.2, 0.25) is 5.82 Å². The standard InChI is InChI=1S/C15H10ClF2N5O3/c16-9-1-2-11(25-14(17)18)10(7-9)13(24)21-22-15-20-12(23-26-15)8-3-5-19-6-4-8/h1-7,14H,(H,21,24)(H,20,22,23). The van der Waals surface area contributed by atoms with Crippen molar-refractivity contribution in [1.82, 2.24) is 20.6 Å². The summed E-state index contributed by atoms with van der Waals surface area (Å²) >= 11 is 5.80. The zero-order chi connectivity index (χ0) is 18.5. The van der Waals surface area contributed by atoms with Crippen LogP contribution in [0.15, 0.2) is 47.2 Å². The van der Waals surface area contributed by atoms with E-state index in [4.69, 9.17) is 16.1 Å². The molecule has 2 N–H and O–H groups in total. The van der Waals surface area contributed by atoms with Crippen LogP contribution in [0, 0.1) is 0 Å². The summed E-state index contributed by atoms with van der Waals surface area (Å²) < 4.78 is 34.1. The number of hydrogen-bond acceptors (Lipinski definition) is 7. The first-order valence-corrected chi connectivity index (χ1v) is 7.45. The highest BCUT2D eigenvalue weighted by atomic mass is 35.5. The quantitative estimate of drug-likeness (QED) is 0.632. The molecular formula is C15H10ClF2N5O3. The Morgan fingerprint density at radius 1 is 1.23 bits per heavy atom. The molecule has 0 spiro atoms. The first-order chi connectivity index (χ1) is 12.5. The van der Waals surface area contributed by atoms with Gasteiger partial charge in [0.15, 0.2) is 0 Å². The van der Waals surface area contributed by atoms with Gasteiger partial charge >= 0.3 is 12.6 Å². The summed E-state index contributed by atoms with van der Waals surface area (Å²) in [5.74, 6) is -0.841. The maximum atomic E-state index is 12.4. The Bertz CT molecular complexity index is 907. The fraction of sp³-hybridized carbons (Fsp3) is 0.0667. The topological polar surface area (TPSA) is 102 Å². The van der Waals surface area contributed by atoms with Crippen LogP contribution in [0.5, 0.6) is 5.75 Å². The highest BCUT2D eigenvalue weighted by Crippen LogP contribution is 2.24. The highest BCUT2D eigenvalue weighted by molar-refractivity contribution is 6.31. The first kappa shape index (κ1) is 17.5. The molecule has 0 saturated carbocycles. The third-order valence-electron chi connectivity index (χ3n) is 3.05. The van der Waals surface area contributed by atoms with E-state index in [0.29, 0.717) is 5.56 Å². The average molecular weight is 382 g/mol. The van der Waals surface area contributed by atoms with Gasteiger partial charge in [0, 0.05) is 23.0 Å². The molecule has 1 amide bonds. The molecule has 26 heavy (non-hydrogen) atoms. The Balaban J connectivity index is 1.70. The molecule has 2 aromatic heterocycles. The van der Waals surface area contributed by atoms with Gasteiger partial charge in [-0.3, -0.25) is 15.2 Å². The van der Waals surface area contributed by atoms with Crippen molar-refractivity contribution in [2.75, 3.05) is 5.43 Å². The van der Waals surface area contributed by atoms with Crippen molar-refractivity contribution in [3.05, 3.63) is 53.3 Å². The molecular weight excluding hydrogens is 372 g/mol. The van der Waals surface area contributed by atoms with E-state index in [0.717, 1.165) is 6.07 Å². The summed E-state index contributed by atoms with van der Waals surface area (Å²) in [7, 11) is 0. The van der Waals surface area contributed by atoms with Crippen molar-refractivity contribution in [2.24, 2.45) is 0 Å². The molecule has 0 atom stereocenters. The van der Waals surface area contributed by atoms with Crippen molar-refractivity contribution in [3.8, 4) is 17.1 Å². The summed E-state index contributed by atoms with van der Waals surface area (Å²) in [6.45, 7) is -3.09. The Labute approximate surface area is 150 Å². The largest absolute Gasteiger partial charge is 0.434 e. The first-order valence-electron chi connectivity index (χ1n) is 7.08. The number of ether oxygens (including phenoxy) is 1. The molecule has 0 aliphatic heterocycles. The Hall–Kier alpha value is -3.27. The normalized spacial score (nSPS) is 10.6. The number of aromatic nitrogens is 3. The van der Waals surface area contributed by atoms with Gasteiger partial charge in [-0.1, -0.05) is 16.8 Å². The summed E-state index contributed by atoms with van der Waals surface area (Å²) in [6.07, 6.45) is 3.12. The number of halogens is 3. The number of nitrogens with zero attached hydrogens (tertiary/aromatic N) is 3. The van der Waals surface area contributed by atoms with Crippen molar-refractivity contribution < 1.29 is 22.8 Å². The number of hydrogen-bond donors (Lipinski definition) is 2. The van der Waals surface area contributed by atoms with Crippen molar-refractivity contribution in [3.63, 3.8) is 0 Å². The van der Waals surface area contributed by atoms with E-state index in [1.54, 1.807) is 24.5 Å². The summed E-state index contributed by atoms with van der Waals surface area (Å²) in [5.41, 5.74) is 5.09. The number of carbonyl (C=O) groups is 1. The molecule has 3 rings (SSSR count).